The van der Waals surface area contributed by atoms with Gasteiger partial charge in [0.25, 0.3) is 10.0 Å². The van der Waals surface area contributed by atoms with Gasteiger partial charge in [-0.1, -0.05) is 48.9 Å². The average Bonchev–Trinajstić information content (AvgIpc) is 2.95. The highest BCUT2D eigenvalue weighted by molar-refractivity contribution is 7.92. The number of carbonyl (C=O) groups excluding carboxylic acids is 2. The highest BCUT2D eigenvalue weighted by Gasteiger charge is 2.36. The van der Waals surface area contributed by atoms with Crippen LogP contribution in [0.5, 0.6) is 11.5 Å². The second kappa shape index (κ2) is 13.9. The van der Waals surface area contributed by atoms with Gasteiger partial charge in [0.15, 0.2) is 0 Å². The SMILES string of the molecule is CCC(C(=O)NC(C)(C)C)N(Cc1ccccc1C)C(=O)CN(c1cc(OC)ccc1OC)S(=O)(=O)c1ccc(C)cc1. The maximum atomic E-state index is 14.4. The maximum absolute atomic E-state index is 14.4. The second-order valence-electron chi connectivity index (χ2n) is 11.5. The molecule has 1 N–H and O–H groups in total. The first-order valence-electron chi connectivity index (χ1n) is 14.2. The van der Waals surface area contributed by atoms with Crippen LogP contribution in [0.25, 0.3) is 0 Å². The topological polar surface area (TPSA) is 105 Å². The van der Waals surface area contributed by atoms with Crippen molar-refractivity contribution >= 4 is 27.5 Å². The third-order valence-corrected chi connectivity index (χ3v) is 8.80. The molecule has 0 aliphatic rings. The zero-order valence-corrected chi connectivity index (χ0v) is 27.1. The quantitative estimate of drug-likeness (QED) is 0.301. The second-order valence-corrected chi connectivity index (χ2v) is 13.3. The number of ether oxygens (including phenoxy) is 2. The van der Waals surface area contributed by atoms with E-state index in [9.17, 15) is 18.0 Å². The van der Waals surface area contributed by atoms with Crippen molar-refractivity contribution in [3.05, 3.63) is 83.4 Å². The Morgan fingerprint density at radius 3 is 2.14 bits per heavy atom. The van der Waals surface area contributed by atoms with Crippen molar-refractivity contribution in [3.8, 4) is 11.5 Å². The average molecular weight is 610 g/mol. The molecule has 0 heterocycles. The number of nitrogens with one attached hydrogen (secondary N) is 1. The van der Waals surface area contributed by atoms with Gasteiger partial charge in [-0.3, -0.25) is 13.9 Å². The normalized spacial score (nSPS) is 12.3. The van der Waals surface area contributed by atoms with Gasteiger partial charge in [-0.2, -0.15) is 0 Å². The Balaban J connectivity index is 2.17. The van der Waals surface area contributed by atoms with Gasteiger partial charge in [-0.25, -0.2) is 8.42 Å². The van der Waals surface area contributed by atoms with Crippen LogP contribution in [0.15, 0.2) is 71.6 Å². The van der Waals surface area contributed by atoms with Crippen LogP contribution < -0.4 is 19.1 Å². The van der Waals surface area contributed by atoms with Crippen molar-refractivity contribution in [2.45, 2.75) is 71.0 Å². The molecule has 0 radical (unpaired) electrons. The summed E-state index contributed by atoms with van der Waals surface area (Å²) >= 11 is 0. The van der Waals surface area contributed by atoms with Crippen molar-refractivity contribution < 1.29 is 27.5 Å². The van der Waals surface area contributed by atoms with Crippen molar-refractivity contribution in [1.29, 1.82) is 0 Å². The van der Waals surface area contributed by atoms with Crippen LogP contribution in [0.3, 0.4) is 0 Å². The molecule has 10 heteroatoms. The van der Waals surface area contributed by atoms with E-state index >= 15 is 0 Å². The zero-order chi connectivity index (χ0) is 31.9. The minimum absolute atomic E-state index is 0.0127. The smallest absolute Gasteiger partial charge is 0.264 e. The van der Waals surface area contributed by atoms with Gasteiger partial charge in [0.2, 0.25) is 11.8 Å². The van der Waals surface area contributed by atoms with Gasteiger partial charge in [-0.05, 0) is 76.4 Å². The fraction of sp³-hybridized carbons (Fsp3) is 0.394. The van der Waals surface area contributed by atoms with Gasteiger partial charge >= 0.3 is 0 Å². The van der Waals surface area contributed by atoms with E-state index in [4.69, 9.17) is 9.47 Å². The van der Waals surface area contributed by atoms with Crippen LogP contribution in [0.2, 0.25) is 0 Å². The number of hydrogen-bond acceptors (Lipinski definition) is 6. The van der Waals surface area contributed by atoms with Gasteiger partial charge in [-0.15, -0.1) is 0 Å². The summed E-state index contributed by atoms with van der Waals surface area (Å²) in [5.74, 6) is -0.226. The standard InChI is InChI=1S/C33H43N3O6S/c1-9-28(32(38)34-33(4,5)6)35(21-25-13-11-10-12-24(25)3)31(37)22-36(29-20-26(41-7)16-19-30(29)42-8)43(39,40)27-17-14-23(2)15-18-27/h10-20,28H,9,21-22H2,1-8H3,(H,34,38). The molecular formula is C33H43N3O6S. The van der Waals surface area contributed by atoms with E-state index in [-0.39, 0.29) is 28.8 Å². The van der Waals surface area contributed by atoms with E-state index in [2.05, 4.69) is 5.32 Å². The third-order valence-electron chi connectivity index (χ3n) is 7.03. The first-order chi connectivity index (χ1) is 20.2. The fourth-order valence-electron chi connectivity index (χ4n) is 4.69. The highest BCUT2D eigenvalue weighted by Crippen LogP contribution is 2.36. The molecule has 0 saturated carbocycles. The Bertz CT molecular complexity index is 1530. The summed E-state index contributed by atoms with van der Waals surface area (Å²) in [5.41, 5.74) is 2.30. The van der Waals surface area contributed by atoms with E-state index in [0.717, 1.165) is 21.0 Å². The van der Waals surface area contributed by atoms with Crippen LogP contribution in [-0.4, -0.2) is 57.5 Å². The van der Waals surface area contributed by atoms with E-state index in [1.54, 1.807) is 24.3 Å². The van der Waals surface area contributed by atoms with Crippen molar-refractivity contribution in [2.75, 3.05) is 25.1 Å². The summed E-state index contributed by atoms with van der Waals surface area (Å²) in [5, 5.41) is 2.98. The summed E-state index contributed by atoms with van der Waals surface area (Å²) in [7, 11) is -1.37. The number of hydrogen-bond donors (Lipinski definition) is 1. The maximum Gasteiger partial charge on any atom is 0.264 e. The summed E-state index contributed by atoms with van der Waals surface area (Å²) in [6, 6.07) is 17.9. The number of anilines is 1. The molecule has 0 aromatic heterocycles. The minimum Gasteiger partial charge on any atom is -0.497 e. The molecule has 232 valence electrons. The molecule has 3 aromatic carbocycles. The Morgan fingerprint density at radius 2 is 1.58 bits per heavy atom. The molecule has 1 atom stereocenters. The first kappa shape index (κ1) is 33.5. The summed E-state index contributed by atoms with van der Waals surface area (Å²) in [6.45, 7) is 10.8. The number of benzene rings is 3. The number of carbonyl (C=O) groups is 2. The van der Waals surface area contributed by atoms with Crippen LogP contribution in [0.4, 0.5) is 5.69 Å². The van der Waals surface area contributed by atoms with Crippen LogP contribution >= 0.6 is 0 Å². The lowest BCUT2D eigenvalue weighted by Gasteiger charge is -2.35. The van der Waals surface area contributed by atoms with Gasteiger partial charge in [0, 0.05) is 18.2 Å². The third kappa shape index (κ3) is 8.28. The molecule has 3 rings (SSSR count). The fourth-order valence-corrected chi connectivity index (χ4v) is 6.10. The van der Waals surface area contributed by atoms with E-state index in [1.807, 2.05) is 65.8 Å². The molecule has 0 aliphatic carbocycles. The molecular weight excluding hydrogens is 566 g/mol. The molecule has 0 bridgehead atoms. The Kier molecular flexibility index (Phi) is 10.9. The molecule has 0 fully saturated rings. The first-order valence-corrected chi connectivity index (χ1v) is 15.6. The predicted molar refractivity (Wildman–Crippen MR) is 169 cm³/mol. The molecule has 0 aliphatic heterocycles. The molecule has 1 unspecified atom stereocenters. The lowest BCUT2D eigenvalue weighted by molar-refractivity contribution is -0.141. The lowest BCUT2D eigenvalue weighted by atomic mass is 10.0. The molecule has 43 heavy (non-hydrogen) atoms. The van der Waals surface area contributed by atoms with Crippen LogP contribution in [0, 0.1) is 13.8 Å². The monoisotopic (exact) mass is 609 g/mol. The molecule has 0 spiro atoms. The number of aryl methyl sites for hydroxylation is 2. The Hall–Kier alpha value is -4.05. The number of sulfonamides is 1. The molecule has 3 aromatic rings. The minimum atomic E-state index is -4.27. The lowest BCUT2D eigenvalue weighted by Crippen LogP contribution is -2.55. The van der Waals surface area contributed by atoms with Crippen molar-refractivity contribution in [3.63, 3.8) is 0 Å². The van der Waals surface area contributed by atoms with Gasteiger partial charge in [0.05, 0.1) is 24.8 Å². The van der Waals surface area contributed by atoms with Crippen molar-refractivity contribution in [2.24, 2.45) is 0 Å². The number of nitrogens with zero attached hydrogens (tertiary/aromatic N) is 2. The largest absolute Gasteiger partial charge is 0.497 e. The van der Waals surface area contributed by atoms with E-state index in [0.29, 0.717) is 12.2 Å². The van der Waals surface area contributed by atoms with E-state index in [1.165, 1.54) is 37.3 Å². The molecule has 9 nitrogen and oxygen atoms in total. The van der Waals surface area contributed by atoms with Gasteiger partial charge in [0.1, 0.15) is 24.1 Å². The van der Waals surface area contributed by atoms with Crippen LogP contribution in [0.1, 0.15) is 50.8 Å². The predicted octanol–water partition coefficient (Wildman–Crippen LogP) is 5.24. The van der Waals surface area contributed by atoms with E-state index < -0.39 is 34.1 Å². The number of amides is 2. The molecule has 2 amide bonds. The summed E-state index contributed by atoms with van der Waals surface area (Å²) in [4.78, 5) is 29.4. The van der Waals surface area contributed by atoms with Crippen LogP contribution in [-0.2, 0) is 26.2 Å². The Morgan fingerprint density at radius 1 is 0.930 bits per heavy atom. The summed E-state index contributed by atoms with van der Waals surface area (Å²) in [6.07, 6.45) is 0.326. The summed E-state index contributed by atoms with van der Waals surface area (Å²) < 4.78 is 40.4. The highest BCUT2D eigenvalue weighted by atomic mass is 32.2. The van der Waals surface area contributed by atoms with Crippen molar-refractivity contribution in [1.82, 2.24) is 10.2 Å². The molecule has 0 saturated heterocycles. The van der Waals surface area contributed by atoms with Gasteiger partial charge < -0.3 is 19.7 Å². The number of rotatable bonds is 12. The Labute approximate surface area is 255 Å². The number of methoxy groups -OCH3 is 2. The zero-order valence-electron chi connectivity index (χ0n) is 26.3.